The predicted molar refractivity (Wildman–Crippen MR) is 78.3 cm³/mol. The highest BCUT2D eigenvalue weighted by Gasteiger charge is 2.21. The average Bonchev–Trinajstić information content (AvgIpc) is 2.47. The molecule has 0 atom stereocenters. The molecular formula is C15H20N2O3. The minimum atomic E-state index is -0.468. The third-order valence-electron chi connectivity index (χ3n) is 4.00. The van der Waals surface area contributed by atoms with Gasteiger partial charge in [-0.05, 0) is 24.8 Å². The lowest BCUT2D eigenvalue weighted by molar-refractivity contribution is -0.384. The number of nitro groups is 1. The van der Waals surface area contributed by atoms with Gasteiger partial charge in [-0.15, -0.1) is 0 Å². The van der Waals surface area contributed by atoms with Gasteiger partial charge in [-0.1, -0.05) is 19.8 Å². The van der Waals surface area contributed by atoms with E-state index in [4.69, 9.17) is 0 Å². The largest absolute Gasteiger partial charge is 0.371 e. The number of carbonyl (C=O) groups is 1. The molecule has 0 aliphatic carbocycles. The molecule has 0 aromatic heterocycles. The summed E-state index contributed by atoms with van der Waals surface area (Å²) < 4.78 is 0. The number of carbonyl (C=O) groups excluding carboxylic acids is 1. The number of hydrogen-bond donors (Lipinski definition) is 0. The molecule has 5 nitrogen and oxygen atoms in total. The summed E-state index contributed by atoms with van der Waals surface area (Å²) in [7, 11) is 0. The van der Waals surface area contributed by atoms with Gasteiger partial charge in [0.15, 0.2) is 6.29 Å². The third-order valence-corrected chi connectivity index (χ3v) is 4.00. The van der Waals surface area contributed by atoms with Crippen LogP contribution in [-0.4, -0.2) is 24.3 Å². The van der Waals surface area contributed by atoms with E-state index in [1.807, 2.05) is 0 Å². The number of hydrogen-bond acceptors (Lipinski definition) is 4. The summed E-state index contributed by atoms with van der Waals surface area (Å²) >= 11 is 0. The van der Waals surface area contributed by atoms with Crippen molar-refractivity contribution in [2.24, 2.45) is 5.92 Å². The zero-order valence-corrected chi connectivity index (χ0v) is 11.7. The maximum Gasteiger partial charge on any atom is 0.270 e. The molecule has 1 aliphatic rings. The molecule has 0 amide bonds. The highest BCUT2D eigenvalue weighted by molar-refractivity contribution is 5.86. The van der Waals surface area contributed by atoms with E-state index in [0.29, 0.717) is 11.8 Å². The van der Waals surface area contributed by atoms with Crippen LogP contribution < -0.4 is 4.90 Å². The third kappa shape index (κ3) is 3.15. The van der Waals surface area contributed by atoms with Crippen molar-refractivity contribution >= 4 is 17.7 Å². The Labute approximate surface area is 118 Å². The average molecular weight is 276 g/mol. The smallest absolute Gasteiger partial charge is 0.270 e. The second kappa shape index (κ2) is 6.50. The molecule has 0 unspecified atom stereocenters. The van der Waals surface area contributed by atoms with Crippen molar-refractivity contribution in [2.45, 2.75) is 32.6 Å². The summed E-state index contributed by atoms with van der Waals surface area (Å²) in [6, 6.07) is 4.53. The van der Waals surface area contributed by atoms with E-state index in [2.05, 4.69) is 11.8 Å². The number of rotatable bonds is 5. The van der Waals surface area contributed by atoms with Crippen LogP contribution in [0.5, 0.6) is 0 Å². The summed E-state index contributed by atoms with van der Waals surface area (Å²) in [5.74, 6) is 0.772. The fourth-order valence-corrected chi connectivity index (χ4v) is 2.91. The second-order valence-electron chi connectivity index (χ2n) is 5.34. The molecule has 1 saturated heterocycles. The van der Waals surface area contributed by atoms with Crippen LogP contribution in [0.3, 0.4) is 0 Å². The SMILES string of the molecule is CCCC1CCN(c2ccc([N+](=O)[O-])cc2C=O)CC1. The molecule has 1 aromatic carbocycles. The summed E-state index contributed by atoms with van der Waals surface area (Å²) in [4.78, 5) is 23.6. The first kappa shape index (κ1) is 14.5. The molecule has 5 heteroatoms. The molecule has 0 spiro atoms. The lowest BCUT2D eigenvalue weighted by Gasteiger charge is -2.34. The Hall–Kier alpha value is -1.91. The molecule has 1 fully saturated rings. The van der Waals surface area contributed by atoms with E-state index < -0.39 is 4.92 Å². The molecule has 2 rings (SSSR count). The van der Waals surface area contributed by atoms with Crippen LogP contribution in [0.4, 0.5) is 11.4 Å². The van der Waals surface area contributed by atoms with E-state index in [9.17, 15) is 14.9 Å². The van der Waals surface area contributed by atoms with E-state index >= 15 is 0 Å². The normalized spacial score (nSPS) is 16.1. The highest BCUT2D eigenvalue weighted by Crippen LogP contribution is 2.29. The molecule has 1 heterocycles. The predicted octanol–water partition coefficient (Wildman–Crippen LogP) is 3.42. The van der Waals surface area contributed by atoms with Gasteiger partial charge < -0.3 is 4.90 Å². The minimum absolute atomic E-state index is 0.0308. The van der Waals surface area contributed by atoms with Crippen LogP contribution in [0.2, 0.25) is 0 Å². The van der Waals surface area contributed by atoms with Crippen molar-refractivity contribution in [1.82, 2.24) is 0 Å². The van der Waals surface area contributed by atoms with Gasteiger partial charge in [0.25, 0.3) is 5.69 Å². The maximum atomic E-state index is 11.2. The van der Waals surface area contributed by atoms with Gasteiger partial charge in [-0.3, -0.25) is 14.9 Å². The molecule has 108 valence electrons. The number of non-ortho nitro benzene ring substituents is 1. The monoisotopic (exact) mass is 276 g/mol. The van der Waals surface area contributed by atoms with Crippen LogP contribution in [0.1, 0.15) is 43.0 Å². The Balaban J connectivity index is 2.13. The molecule has 1 aromatic rings. The highest BCUT2D eigenvalue weighted by atomic mass is 16.6. The van der Waals surface area contributed by atoms with Crippen molar-refractivity contribution in [2.75, 3.05) is 18.0 Å². The Kier molecular flexibility index (Phi) is 4.71. The first-order chi connectivity index (χ1) is 9.65. The summed E-state index contributed by atoms with van der Waals surface area (Å²) in [5.41, 5.74) is 1.20. The summed E-state index contributed by atoms with van der Waals surface area (Å²) in [6.07, 6.45) is 5.43. The molecule has 20 heavy (non-hydrogen) atoms. The first-order valence-corrected chi connectivity index (χ1v) is 7.14. The van der Waals surface area contributed by atoms with Crippen molar-refractivity contribution in [3.05, 3.63) is 33.9 Å². The number of nitro benzene ring substituents is 1. The summed E-state index contributed by atoms with van der Waals surface area (Å²) in [6.45, 7) is 4.04. The van der Waals surface area contributed by atoms with Gasteiger partial charge in [-0.2, -0.15) is 0 Å². The van der Waals surface area contributed by atoms with Gasteiger partial charge in [0, 0.05) is 36.5 Å². The van der Waals surface area contributed by atoms with E-state index in [0.717, 1.165) is 37.5 Å². The molecular weight excluding hydrogens is 256 g/mol. The molecule has 0 radical (unpaired) electrons. The molecule has 0 bridgehead atoms. The van der Waals surface area contributed by atoms with Crippen molar-refractivity contribution in [1.29, 1.82) is 0 Å². The lowest BCUT2D eigenvalue weighted by atomic mass is 9.92. The summed E-state index contributed by atoms with van der Waals surface area (Å²) in [5, 5.41) is 10.7. The first-order valence-electron chi connectivity index (χ1n) is 7.14. The van der Waals surface area contributed by atoms with Crippen molar-refractivity contribution < 1.29 is 9.72 Å². The maximum absolute atomic E-state index is 11.2. The van der Waals surface area contributed by atoms with Gasteiger partial charge in [0.1, 0.15) is 0 Å². The lowest BCUT2D eigenvalue weighted by Crippen LogP contribution is -2.34. The zero-order valence-electron chi connectivity index (χ0n) is 11.7. The van der Waals surface area contributed by atoms with Crippen molar-refractivity contribution in [3.8, 4) is 0 Å². The fraction of sp³-hybridized carbons (Fsp3) is 0.533. The Bertz CT molecular complexity index is 494. The van der Waals surface area contributed by atoms with Crippen LogP contribution in [-0.2, 0) is 0 Å². The standard InChI is InChI=1S/C15H20N2O3/c1-2-3-12-6-8-16(9-7-12)15-5-4-14(17(19)20)10-13(15)11-18/h4-5,10-12H,2-3,6-9H2,1H3. The van der Waals surface area contributed by atoms with Gasteiger partial charge in [-0.25, -0.2) is 0 Å². The molecule has 0 saturated carbocycles. The van der Waals surface area contributed by atoms with Crippen LogP contribution in [0.25, 0.3) is 0 Å². The van der Waals surface area contributed by atoms with E-state index in [-0.39, 0.29) is 5.69 Å². The van der Waals surface area contributed by atoms with E-state index in [1.165, 1.54) is 25.0 Å². The number of benzene rings is 1. The number of piperidine rings is 1. The zero-order chi connectivity index (χ0) is 14.5. The molecule has 0 N–H and O–H groups in total. The van der Waals surface area contributed by atoms with Gasteiger partial charge in [0.05, 0.1) is 4.92 Å². The van der Waals surface area contributed by atoms with Crippen LogP contribution in [0, 0.1) is 16.0 Å². The van der Waals surface area contributed by atoms with Crippen LogP contribution >= 0.6 is 0 Å². The number of aldehydes is 1. The molecule has 1 aliphatic heterocycles. The number of anilines is 1. The fourth-order valence-electron chi connectivity index (χ4n) is 2.91. The Morgan fingerprint density at radius 2 is 2.10 bits per heavy atom. The van der Waals surface area contributed by atoms with Crippen LogP contribution in [0.15, 0.2) is 18.2 Å². The Morgan fingerprint density at radius 1 is 1.40 bits per heavy atom. The number of nitrogens with zero attached hydrogens (tertiary/aromatic N) is 2. The van der Waals surface area contributed by atoms with Gasteiger partial charge >= 0.3 is 0 Å². The van der Waals surface area contributed by atoms with Crippen molar-refractivity contribution in [3.63, 3.8) is 0 Å². The van der Waals surface area contributed by atoms with Gasteiger partial charge in [0.2, 0.25) is 0 Å². The van der Waals surface area contributed by atoms with E-state index in [1.54, 1.807) is 6.07 Å². The quantitative estimate of drug-likeness (QED) is 0.469. The minimum Gasteiger partial charge on any atom is -0.371 e. The topological polar surface area (TPSA) is 63.4 Å². The Morgan fingerprint density at radius 3 is 2.65 bits per heavy atom. The second-order valence-corrected chi connectivity index (χ2v) is 5.34.